The molecule has 0 radical (unpaired) electrons. The van der Waals surface area contributed by atoms with Crippen LogP contribution in [0.2, 0.25) is 0 Å². The SMILES string of the molecule is CC(=O)Nc1ccc(N2C[C@]34C=C[C@@H](O3)[C@H](C(=O)[O-])[C@@H]4C2=O)cc1. The summed E-state index contributed by atoms with van der Waals surface area (Å²) in [6, 6.07) is 6.82. The first-order valence-corrected chi connectivity index (χ1v) is 7.68. The number of anilines is 2. The van der Waals surface area contributed by atoms with Crippen LogP contribution >= 0.6 is 0 Å². The lowest BCUT2D eigenvalue weighted by molar-refractivity contribution is -0.313. The smallest absolute Gasteiger partial charge is 0.234 e. The van der Waals surface area contributed by atoms with E-state index in [0.29, 0.717) is 11.4 Å². The van der Waals surface area contributed by atoms with E-state index in [0.717, 1.165) is 0 Å². The molecule has 0 saturated carbocycles. The van der Waals surface area contributed by atoms with Crippen molar-refractivity contribution in [3.63, 3.8) is 0 Å². The number of nitrogens with one attached hydrogen (secondary N) is 1. The van der Waals surface area contributed by atoms with E-state index in [4.69, 9.17) is 4.74 Å². The van der Waals surface area contributed by atoms with Crippen LogP contribution in [0.25, 0.3) is 0 Å². The first-order chi connectivity index (χ1) is 11.4. The summed E-state index contributed by atoms with van der Waals surface area (Å²) in [5.74, 6) is -3.42. The number of aliphatic carboxylic acids is 1. The van der Waals surface area contributed by atoms with E-state index in [9.17, 15) is 19.5 Å². The highest BCUT2D eigenvalue weighted by Gasteiger charge is 2.65. The fourth-order valence-electron chi connectivity index (χ4n) is 3.91. The Balaban J connectivity index is 1.63. The normalized spacial score (nSPS) is 33.0. The highest BCUT2D eigenvalue weighted by atomic mass is 16.5. The number of ether oxygens (including phenoxy) is 1. The van der Waals surface area contributed by atoms with E-state index in [2.05, 4.69) is 5.32 Å². The van der Waals surface area contributed by atoms with Crippen LogP contribution in [0, 0.1) is 11.8 Å². The van der Waals surface area contributed by atoms with Crippen molar-refractivity contribution < 1.29 is 24.2 Å². The van der Waals surface area contributed by atoms with E-state index < -0.39 is 29.5 Å². The molecule has 1 aromatic rings. The van der Waals surface area contributed by atoms with E-state index in [1.54, 1.807) is 36.4 Å². The molecule has 3 heterocycles. The molecular formula is C17H15N2O5-. The average Bonchev–Trinajstić information content (AvgIpc) is 3.16. The molecule has 7 nitrogen and oxygen atoms in total. The van der Waals surface area contributed by atoms with Crippen LogP contribution in [0.3, 0.4) is 0 Å². The van der Waals surface area contributed by atoms with Crippen LogP contribution in [0.4, 0.5) is 11.4 Å². The standard InChI is InChI=1S/C17H16N2O5/c1-9(20)18-10-2-4-11(5-3-10)19-8-17-7-6-12(24-17)13(16(22)23)14(17)15(19)21/h2-7,12-14H,8H2,1H3,(H,18,20)(H,22,23)/p-1/t12-,13+,14-,17+/m1/s1. The summed E-state index contributed by atoms with van der Waals surface area (Å²) in [4.78, 5) is 36.8. The Morgan fingerprint density at radius 3 is 2.67 bits per heavy atom. The molecule has 4 atom stereocenters. The molecule has 4 rings (SSSR count). The number of carbonyl (C=O) groups excluding carboxylic acids is 3. The van der Waals surface area contributed by atoms with Gasteiger partial charge in [0.2, 0.25) is 11.8 Å². The molecule has 2 fully saturated rings. The minimum atomic E-state index is -1.26. The van der Waals surface area contributed by atoms with Crippen LogP contribution in [0.5, 0.6) is 0 Å². The third-order valence-corrected chi connectivity index (χ3v) is 4.87. The molecule has 2 saturated heterocycles. The molecular weight excluding hydrogens is 312 g/mol. The Labute approximate surface area is 137 Å². The Morgan fingerprint density at radius 2 is 2.04 bits per heavy atom. The number of benzene rings is 1. The third-order valence-electron chi connectivity index (χ3n) is 4.87. The molecule has 3 aliphatic rings. The molecule has 0 aliphatic carbocycles. The van der Waals surface area contributed by atoms with E-state index in [1.807, 2.05) is 0 Å². The number of rotatable bonds is 3. The number of hydrogen-bond donors (Lipinski definition) is 1. The number of carboxylic acid groups (broad SMARTS) is 1. The van der Waals surface area contributed by atoms with Gasteiger partial charge in [0.25, 0.3) is 0 Å². The zero-order chi connectivity index (χ0) is 17.1. The first kappa shape index (κ1) is 14.9. The summed E-state index contributed by atoms with van der Waals surface area (Å²) < 4.78 is 5.80. The van der Waals surface area contributed by atoms with Crippen molar-refractivity contribution in [2.75, 3.05) is 16.8 Å². The van der Waals surface area contributed by atoms with Crippen molar-refractivity contribution in [2.24, 2.45) is 11.8 Å². The topological polar surface area (TPSA) is 98.8 Å². The molecule has 1 spiro atoms. The van der Waals surface area contributed by atoms with Crippen LogP contribution in [0.1, 0.15) is 6.92 Å². The Hall–Kier alpha value is -2.67. The number of amides is 2. The highest BCUT2D eigenvalue weighted by Crippen LogP contribution is 2.52. The second kappa shape index (κ2) is 4.91. The van der Waals surface area contributed by atoms with Gasteiger partial charge in [-0.15, -0.1) is 0 Å². The van der Waals surface area contributed by atoms with E-state index in [-0.39, 0.29) is 18.4 Å². The lowest BCUT2D eigenvalue weighted by atomic mass is 9.77. The Morgan fingerprint density at radius 1 is 1.33 bits per heavy atom. The van der Waals surface area contributed by atoms with Gasteiger partial charge in [-0.3, -0.25) is 9.59 Å². The fourth-order valence-corrected chi connectivity index (χ4v) is 3.91. The lowest BCUT2D eigenvalue weighted by Crippen LogP contribution is -2.45. The zero-order valence-corrected chi connectivity index (χ0v) is 12.9. The summed E-state index contributed by atoms with van der Waals surface area (Å²) >= 11 is 0. The predicted molar refractivity (Wildman–Crippen MR) is 81.8 cm³/mol. The number of carbonyl (C=O) groups is 3. The van der Waals surface area contributed by atoms with Crippen LogP contribution in [0.15, 0.2) is 36.4 Å². The van der Waals surface area contributed by atoms with Crippen molar-refractivity contribution in [1.82, 2.24) is 0 Å². The van der Waals surface area contributed by atoms with Crippen LogP contribution in [-0.2, 0) is 19.1 Å². The maximum Gasteiger partial charge on any atom is 0.234 e. The van der Waals surface area contributed by atoms with E-state index in [1.165, 1.54) is 11.8 Å². The summed E-state index contributed by atoms with van der Waals surface area (Å²) in [5.41, 5.74) is 0.374. The van der Waals surface area contributed by atoms with Crippen molar-refractivity contribution in [2.45, 2.75) is 18.6 Å². The van der Waals surface area contributed by atoms with Gasteiger partial charge in [-0.05, 0) is 24.3 Å². The summed E-state index contributed by atoms with van der Waals surface area (Å²) in [5, 5.41) is 14.1. The second-order valence-electron chi connectivity index (χ2n) is 6.37. The molecule has 7 heteroatoms. The van der Waals surface area contributed by atoms with Gasteiger partial charge >= 0.3 is 0 Å². The molecule has 124 valence electrons. The maximum atomic E-state index is 12.8. The van der Waals surface area contributed by atoms with Gasteiger partial charge in [-0.2, -0.15) is 0 Å². The molecule has 1 aromatic carbocycles. The molecule has 24 heavy (non-hydrogen) atoms. The number of fused-ring (bicyclic) bond motifs is 1. The monoisotopic (exact) mass is 327 g/mol. The van der Waals surface area contributed by atoms with Gasteiger partial charge in [0.05, 0.1) is 18.6 Å². The summed E-state index contributed by atoms with van der Waals surface area (Å²) in [6.45, 7) is 1.69. The Kier molecular flexibility index (Phi) is 3.05. The first-order valence-electron chi connectivity index (χ1n) is 7.68. The van der Waals surface area contributed by atoms with Crippen LogP contribution < -0.4 is 15.3 Å². The van der Waals surface area contributed by atoms with Crippen molar-refractivity contribution in [3.8, 4) is 0 Å². The number of carboxylic acids is 1. The van der Waals surface area contributed by atoms with Crippen molar-refractivity contribution in [1.29, 1.82) is 0 Å². The minimum absolute atomic E-state index is 0.180. The number of nitrogens with zero attached hydrogens (tertiary/aromatic N) is 1. The highest BCUT2D eigenvalue weighted by molar-refractivity contribution is 6.02. The predicted octanol–water partition coefficient (Wildman–Crippen LogP) is -0.319. The molecule has 3 aliphatic heterocycles. The lowest BCUT2D eigenvalue weighted by Gasteiger charge is -2.24. The molecule has 0 aromatic heterocycles. The second-order valence-corrected chi connectivity index (χ2v) is 6.37. The van der Waals surface area contributed by atoms with Gasteiger partial charge in [0.1, 0.15) is 5.60 Å². The quantitative estimate of drug-likeness (QED) is 0.767. The maximum absolute atomic E-state index is 12.8. The van der Waals surface area contributed by atoms with Crippen molar-refractivity contribution in [3.05, 3.63) is 36.4 Å². The zero-order valence-electron chi connectivity index (χ0n) is 12.9. The average molecular weight is 327 g/mol. The summed E-state index contributed by atoms with van der Waals surface area (Å²) in [7, 11) is 0. The third kappa shape index (κ3) is 1.98. The van der Waals surface area contributed by atoms with Gasteiger partial charge in [0, 0.05) is 30.2 Å². The van der Waals surface area contributed by atoms with Crippen molar-refractivity contribution >= 4 is 29.2 Å². The summed E-state index contributed by atoms with van der Waals surface area (Å²) in [6.07, 6.45) is 2.91. The molecule has 1 N–H and O–H groups in total. The van der Waals surface area contributed by atoms with Gasteiger partial charge in [-0.25, -0.2) is 0 Å². The largest absolute Gasteiger partial charge is 0.550 e. The molecule has 2 bridgehead atoms. The van der Waals surface area contributed by atoms with Gasteiger partial charge in [-0.1, -0.05) is 12.2 Å². The molecule has 2 amide bonds. The minimum Gasteiger partial charge on any atom is -0.550 e. The van der Waals surface area contributed by atoms with E-state index >= 15 is 0 Å². The number of hydrogen-bond acceptors (Lipinski definition) is 5. The van der Waals surface area contributed by atoms with Crippen LogP contribution in [-0.4, -0.2) is 36.0 Å². The Bertz CT molecular complexity index is 772. The fraction of sp³-hybridized carbons (Fsp3) is 0.353. The molecule has 0 unspecified atom stereocenters. The van der Waals surface area contributed by atoms with Gasteiger partial charge < -0.3 is 24.9 Å². The van der Waals surface area contributed by atoms with Gasteiger partial charge in [0.15, 0.2) is 0 Å².